The van der Waals surface area contributed by atoms with Gasteiger partial charge in [-0.15, -0.1) is 0 Å². The fourth-order valence-corrected chi connectivity index (χ4v) is 4.24. The number of carbonyl (C=O) groups excluding carboxylic acids is 3. The smallest absolute Gasteiger partial charge is 0.257 e. The van der Waals surface area contributed by atoms with E-state index in [2.05, 4.69) is 4.98 Å². The van der Waals surface area contributed by atoms with E-state index >= 15 is 0 Å². The molecular weight excluding hydrogens is 414 g/mol. The second-order valence-corrected chi connectivity index (χ2v) is 8.15. The van der Waals surface area contributed by atoms with Crippen molar-refractivity contribution in [3.05, 3.63) is 65.3 Å². The first-order valence-electron chi connectivity index (χ1n) is 10.5. The number of carbonyl (C=O) groups is 3. The number of benzene rings is 2. The Balaban J connectivity index is 1.57. The van der Waals surface area contributed by atoms with Crippen molar-refractivity contribution in [1.82, 2.24) is 9.88 Å². The lowest BCUT2D eigenvalue weighted by Crippen LogP contribution is -2.46. The van der Waals surface area contributed by atoms with Crippen molar-refractivity contribution in [2.45, 2.75) is 38.6 Å². The molecule has 1 aliphatic rings. The van der Waals surface area contributed by atoms with Gasteiger partial charge in [0.25, 0.3) is 5.91 Å². The van der Waals surface area contributed by atoms with Crippen molar-refractivity contribution in [3.63, 3.8) is 0 Å². The van der Waals surface area contributed by atoms with Crippen LogP contribution in [-0.2, 0) is 20.8 Å². The van der Waals surface area contributed by atoms with Gasteiger partial charge in [-0.2, -0.15) is 0 Å². The number of fused-ring (bicyclic) bond motifs is 1. The summed E-state index contributed by atoms with van der Waals surface area (Å²) in [4.78, 5) is 44.8. The molecule has 0 spiro atoms. The van der Waals surface area contributed by atoms with Gasteiger partial charge in [0.15, 0.2) is 0 Å². The van der Waals surface area contributed by atoms with Crippen LogP contribution in [0.4, 0.5) is 5.69 Å². The highest BCUT2D eigenvalue weighted by atomic mass is 35.5. The largest absolute Gasteiger partial charge is 0.361 e. The Morgan fingerprint density at radius 3 is 2.65 bits per heavy atom. The van der Waals surface area contributed by atoms with Gasteiger partial charge >= 0.3 is 0 Å². The highest BCUT2D eigenvalue weighted by Gasteiger charge is 2.44. The number of hydrogen-bond acceptors (Lipinski definition) is 3. The zero-order valence-corrected chi connectivity index (χ0v) is 18.1. The normalized spacial score (nSPS) is 16.3. The predicted molar refractivity (Wildman–Crippen MR) is 121 cm³/mol. The third-order valence-electron chi connectivity index (χ3n) is 5.67. The van der Waals surface area contributed by atoms with Crippen molar-refractivity contribution >= 4 is 45.9 Å². The van der Waals surface area contributed by atoms with Crippen molar-refractivity contribution in [2.75, 3.05) is 11.4 Å². The van der Waals surface area contributed by atoms with Crippen molar-refractivity contribution < 1.29 is 14.4 Å². The maximum Gasteiger partial charge on any atom is 0.257 e. The standard InChI is InChI=1S/C24H24ClN3O3/c1-2-5-22(29)27(13-12-16-15-26-20-7-4-3-6-19(16)20)21-14-23(30)28(24(21)31)18-10-8-17(25)9-11-18/h3-4,6-11,15,21,26H,2,5,12-14H2,1H3. The lowest BCUT2D eigenvalue weighted by Gasteiger charge is -2.27. The number of halogens is 1. The van der Waals surface area contributed by atoms with E-state index in [1.54, 1.807) is 29.2 Å². The number of anilines is 1. The lowest BCUT2D eigenvalue weighted by atomic mass is 10.1. The highest BCUT2D eigenvalue weighted by molar-refractivity contribution is 6.30. The van der Waals surface area contributed by atoms with Gasteiger partial charge in [0.1, 0.15) is 6.04 Å². The molecule has 0 aliphatic carbocycles. The maximum absolute atomic E-state index is 13.2. The molecule has 1 saturated heterocycles. The molecule has 1 unspecified atom stereocenters. The van der Waals surface area contributed by atoms with Gasteiger partial charge in [-0.25, -0.2) is 4.90 Å². The maximum atomic E-state index is 13.2. The molecule has 0 bridgehead atoms. The molecule has 7 heteroatoms. The van der Waals surface area contributed by atoms with Crippen molar-refractivity contribution in [3.8, 4) is 0 Å². The molecule has 0 radical (unpaired) electrons. The van der Waals surface area contributed by atoms with Crippen molar-refractivity contribution in [2.24, 2.45) is 0 Å². The summed E-state index contributed by atoms with van der Waals surface area (Å²) in [6.07, 6.45) is 3.54. The summed E-state index contributed by atoms with van der Waals surface area (Å²) in [6, 6.07) is 13.8. The first kappa shape index (κ1) is 21.1. The third-order valence-corrected chi connectivity index (χ3v) is 5.92. The average molecular weight is 438 g/mol. The monoisotopic (exact) mass is 437 g/mol. The van der Waals surface area contributed by atoms with Gasteiger partial charge in [-0.1, -0.05) is 36.7 Å². The van der Waals surface area contributed by atoms with Crippen LogP contribution in [0.3, 0.4) is 0 Å². The fourth-order valence-electron chi connectivity index (χ4n) is 4.11. The molecule has 160 valence electrons. The second kappa shape index (κ2) is 8.94. The molecule has 1 atom stereocenters. The van der Waals surface area contributed by atoms with Gasteiger partial charge in [0, 0.05) is 35.1 Å². The fraction of sp³-hybridized carbons (Fsp3) is 0.292. The van der Waals surface area contributed by atoms with Crippen LogP contribution in [-0.4, -0.2) is 40.2 Å². The molecule has 0 saturated carbocycles. The zero-order chi connectivity index (χ0) is 22.0. The summed E-state index contributed by atoms with van der Waals surface area (Å²) in [6.45, 7) is 2.30. The Kier molecular flexibility index (Phi) is 6.09. The highest BCUT2D eigenvalue weighted by Crippen LogP contribution is 2.28. The third kappa shape index (κ3) is 4.21. The summed E-state index contributed by atoms with van der Waals surface area (Å²) in [7, 11) is 0. The van der Waals surface area contributed by atoms with Gasteiger partial charge in [-0.3, -0.25) is 14.4 Å². The molecule has 1 aromatic heterocycles. The Morgan fingerprint density at radius 2 is 1.90 bits per heavy atom. The molecule has 6 nitrogen and oxygen atoms in total. The molecule has 3 amide bonds. The van der Waals surface area contributed by atoms with E-state index in [1.165, 1.54) is 4.90 Å². The Morgan fingerprint density at radius 1 is 1.16 bits per heavy atom. The number of imide groups is 1. The number of hydrogen-bond donors (Lipinski definition) is 1. The molecule has 2 aromatic carbocycles. The predicted octanol–water partition coefficient (Wildman–Crippen LogP) is 4.32. The van der Waals surface area contributed by atoms with E-state index in [4.69, 9.17) is 11.6 Å². The lowest BCUT2D eigenvalue weighted by molar-refractivity contribution is -0.138. The van der Waals surface area contributed by atoms with Crippen LogP contribution in [0, 0.1) is 0 Å². The molecular formula is C24H24ClN3O3. The number of aromatic nitrogens is 1. The van der Waals surface area contributed by atoms with Crippen molar-refractivity contribution in [1.29, 1.82) is 0 Å². The van der Waals surface area contributed by atoms with E-state index < -0.39 is 6.04 Å². The van der Waals surface area contributed by atoms with E-state index in [0.29, 0.717) is 36.5 Å². The van der Waals surface area contributed by atoms with E-state index in [0.717, 1.165) is 16.5 Å². The molecule has 1 N–H and O–H groups in total. The van der Waals surface area contributed by atoms with Gasteiger partial charge < -0.3 is 9.88 Å². The van der Waals surface area contributed by atoms with Crippen LogP contribution in [0.2, 0.25) is 5.02 Å². The Bertz CT molecular complexity index is 1120. The summed E-state index contributed by atoms with van der Waals surface area (Å²) in [5.41, 5.74) is 2.59. The molecule has 31 heavy (non-hydrogen) atoms. The van der Waals surface area contributed by atoms with E-state index in [1.807, 2.05) is 37.4 Å². The summed E-state index contributed by atoms with van der Waals surface area (Å²) < 4.78 is 0. The number of para-hydroxylation sites is 1. The number of H-pyrrole nitrogens is 1. The Labute approximate surface area is 185 Å². The van der Waals surface area contributed by atoms with Crippen LogP contribution >= 0.6 is 11.6 Å². The number of amides is 3. The van der Waals surface area contributed by atoms with Gasteiger partial charge in [0.2, 0.25) is 11.8 Å². The van der Waals surface area contributed by atoms with E-state index in [-0.39, 0.29) is 24.1 Å². The van der Waals surface area contributed by atoms with Gasteiger partial charge in [0.05, 0.1) is 12.1 Å². The van der Waals surface area contributed by atoms with E-state index in [9.17, 15) is 14.4 Å². The first-order valence-corrected chi connectivity index (χ1v) is 10.8. The summed E-state index contributed by atoms with van der Waals surface area (Å²) >= 11 is 5.93. The quantitative estimate of drug-likeness (QED) is 0.559. The van der Waals surface area contributed by atoms with Crippen LogP contribution in [0.5, 0.6) is 0 Å². The SMILES string of the molecule is CCCC(=O)N(CCc1c[nH]c2ccccc12)C1CC(=O)N(c2ccc(Cl)cc2)C1=O. The molecule has 1 fully saturated rings. The average Bonchev–Trinajstić information content (AvgIpc) is 3.30. The minimum absolute atomic E-state index is 0.00913. The number of rotatable bonds is 7. The molecule has 3 aromatic rings. The minimum Gasteiger partial charge on any atom is -0.361 e. The number of aromatic amines is 1. The summed E-state index contributed by atoms with van der Waals surface area (Å²) in [5.74, 6) is -0.777. The first-order chi connectivity index (χ1) is 15.0. The number of nitrogens with one attached hydrogen (secondary N) is 1. The molecule has 4 rings (SSSR count). The van der Waals surface area contributed by atoms with Crippen LogP contribution in [0.25, 0.3) is 10.9 Å². The molecule has 2 heterocycles. The molecule has 1 aliphatic heterocycles. The van der Waals surface area contributed by atoms with Crippen LogP contribution < -0.4 is 4.90 Å². The minimum atomic E-state index is -0.785. The number of nitrogens with zero attached hydrogens (tertiary/aromatic N) is 2. The topological polar surface area (TPSA) is 73.5 Å². The Hall–Kier alpha value is -3.12. The van der Waals surface area contributed by atoms with Gasteiger partial charge in [-0.05, 0) is 48.7 Å². The van der Waals surface area contributed by atoms with Crippen LogP contribution in [0.1, 0.15) is 31.7 Å². The summed E-state index contributed by atoms with van der Waals surface area (Å²) in [5, 5.41) is 1.62. The van der Waals surface area contributed by atoms with Crippen LogP contribution in [0.15, 0.2) is 54.7 Å². The zero-order valence-electron chi connectivity index (χ0n) is 17.3. The second-order valence-electron chi connectivity index (χ2n) is 7.71.